The fraction of sp³-hybridized carbons (Fsp3) is 0.467. The molecule has 0 radical (unpaired) electrons. The highest BCUT2D eigenvalue weighted by atomic mass is 31.2. The Bertz CT molecular complexity index is 619. The molecule has 0 aliphatic carbocycles. The summed E-state index contributed by atoms with van der Waals surface area (Å²) >= 11 is 0. The maximum absolute atomic E-state index is 12.9. The van der Waals surface area contributed by atoms with Crippen molar-refractivity contribution in [3.05, 3.63) is 29.8 Å². The molecule has 1 aromatic rings. The van der Waals surface area contributed by atoms with E-state index in [4.69, 9.17) is 5.11 Å². The minimum atomic E-state index is -2.90. The topological polar surface area (TPSA) is 102 Å². The third kappa shape index (κ3) is 5.33. The Morgan fingerprint density at radius 2 is 1.62 bits per heavy atom. The molecule has 0 aliphatic rings. The number of rotatable bonds is 8. The van der Waals surface area contributed by atoms with E-state index in [-0.39, 0.29) is 6.42 Å². The van der Waals surface area contributed by atoms with Crippen LogP contribution < -0.4 is 10.4 Å². The monoisotopic (exact) mass is 356 g/mol. The van der Waals surface area contributed by atoms with E-state index < -0.39 is 25.5 Å². The van der Waals surface area contributed by atoms with E-state index >= 15 is 0 Å². The maximum Gasteiger partial charge on any atom is 0.326 e. The number of carbonyl (C=O) groups is 2. The molecular weight excluding hydrogens is 331 g/mol. The first-order valence-corrected chi connectivity index (χ1v) is 9.00. The summed E-state index contributed by atoms with van der Waals surface area (Å²) in [5.74, 6) is -1.48. The van der Waals surface area contributed by atoms with Gasteiger partial charge in [0, 0.05) is 19.0 Å². The summed E-state index contributed by atoms with van der Waals surface area (Å²) in [6.07, 6.45) is 0.175. The van der Waals surface area contributed by atoms with Gasteiger partial charge in [0.25, 0.3) is 0 Å². The zero-order valence-corrected chi connectivity index (χ0v) is 15.5. The Labute approximate surface area is 142 Å². The molecular formula is C15H25N4O4P. The molecule has 0 spiro atoms. The van der Waals surface area contributed by atoms with Gasteiger partial charge in [-0.25, -0.2) is 14.1 Å². The van der Waals surface area contributed by atoms with Gasteiger partial charge in [-0.1, -0.05) is 12.1 Å². The SMILES string of the molecule is CC(=O)N[C@@H](Cc1ccc(NP(=O)(N(C)C)N(C)C)cc1)C(=O)O. The van der Waals surface area contributed by atoms with Gasteiger partial charge in [0.15, 0.2) is 0 Å². The molecule has 8 nitrogen and oxygen atoms in total. The summed E-state index contributed by atoms with van der Waals surface area (Å²) in [5, 5.41) is 14.5. The number of anilines is 1. The Hall–Kier alpha value is -1.89. The van der Waals surface area contributed by atoms with Crippen molar-refractivity contribution in [1.82, 2.24) is 14.7 Å². The Balaban J connectivity index is 2.87. The minimum absolute atomic E-state index is 0.175. The normalized spacial score (nSPS) is 13.0. The molecule has 0 aromatic heterocycles. The zero-order chi connectivity index (χ0) is 18.5. The Morgan fingerprint density at radius 1 is 1.12 bits per heavy atom. The Kier molecular flexibility index (Phi) is 6.95. The van der Waals surface area contributed by atoms with Crippen molar-refractivity contribution in [2.75, 3.05) is 33.3 Å². The highest BCUT2D eigenvalue weighted by Crippen LogP contribution is 2.48. The number of aliphatic carboxylic acids is 1. The first-order chi connectivity index (χ1) is 11.1. The summed E-state index contributed by atoms with van der Waals surface area (Å²) in [6, 6.07) is 5.99. The number of hydrogen-bond acceptors (Lipinski definition) is 3. The number of carboxylic acids is 1. The third-order valence-corrected chi connectivity index (χ3v) is 6.15. The smallest absolute Gasteiger partial charge is 0.326 e. The lowest BCUT2D eigenvalue weighted by Crippen LogP contribution is -2.41. The van der Waals surface area contributed by atoms with Gasteiger partial charge in [-0.05, 0) is 45.9 Å². The molecule has 0 bridgehead atoms. The van der Waals surface area contributed by atoms with Crippen LogP contribution in [0.15, 0.2) is 24.3 Å². The molecule has 1 rings (SSSR count). The summed E-state index contributed by atoms with van der Waals surface area (Å²) in [5.41, 5.74) is 1.42. The summed E-state index contributed by atoms with van der Waals surface area (Å²) < 4.78 is 16.1. The van der Waals surface area contributed by atoms with E-state index in [1.54, 1.807) is 61.8 Å². The van der Waals surface area contributed by atoms with Gasteiger partial charge < -0.3 is 15.5 Å². The molecule has 3 N–H and O–H groups in total. The van der Waals surface area contributed by atoms with Crippen LogP contribution in [0.25, 0.3) is 0 Å². The molecule has 1 aromatic carbocycles. The van der Waals surface area contributed by atoms with Crippen molar-refractivity contribution < 1.29 is 19.3 Å². The number of carboxylic acid groups (broad SMARTS) is 1. The molecule has 0 aliphatic heterocycles. The van der Waals surface area contributed by atoms with Crippen LogP contribution in [0, 0.1) is 0 Å². The highest BCUT2D eigenvalue weighted by Gasteiger charge is 2.28. The second-order valence-electron chi connectivity index (χ2n) is 5.84. The number of nitrogens with zero attached hydrogens (tertiary/aromatic N) is 2. The van der Waals surface area contributed by atoms with Gasteiger partial charge >= 0.3 is 13.6 Å². The molecule has 134 valence electrons. The third-order valence-electron chi connectivity index (χ3n) is 3.43. The minimum Gasteiger partial charge on any atom is -0.480 e. The molecule has 24 heavy (non-hydrogen) atoms. The van der Waals surface area contributed by atoms with Gasteiger partial charge in [0.2, 0.25) is 5.91 Å². The molecule has 1 atom stereocenters. The molecule has 1 amide bonds. The number of amides is 1. The standard InChI is InChI=1S/C15H25N4O4P/c1-11(20)16-14(15(21)22)10-12-6-8-13(9-7-12)17-24(23,18(2)3)19(4)5/h6-9,14H,10H2,1-5H3,(H,16,20)(H,17,23)(H,21,22)/t14-/m0/s1. The molecule has 9 heteroatoms. The number of nitrogens with one attached hydrogen (secondary N) is 2. The van der Waals surface area contributed by atoms with E-state index in [0.717, 1.165) is 5.56 Å². The van der Waals surface area contributed by atoms with Gasteiger partial charge in [-0.2, -0.15) is 0 Å². The van der Waals surface area contributed by atoms with Crippen LogP contribution >= 0.6 is 7.59 Å². The lowest BCUT2D eigenvalue weighted by molar-refractivity contribution is -0.141. The summed E-state index contributed by atoms with van der Waals surface area (Å²) in [7, 11) is 4.02. The molecule has 0 unspecified atom stereocenters. The second-order valence-corrected chi connectivity index (χ2v) is 8.75. The molecule has 0 saturated heterocycles. The van der Waals surface area contributed by atoms with E-state index in [2.05, 4.69) is 10.4 Å². The fourth-order valence-electron chi connectivity index (χ4n) is 2.12. The number of carbonyl (C=O) groups excluding carboxylic acids is 1. The first-order valence-electron chi connectivity index (χ1n) is 7.39. The van der Waals surface area contributed by atoms with Crippen LogP contribution in [-0.4, -0.2) is 60.6 Å². The first kappa shape index (κ1) is 20.2. The van der Waals surface area contributed by atoms with Gasteiger partial charge in [0.05, 0.1) is 0 Å². The largest absolute Gasteiger partial charge is 0.480 e. The summed E-state index contributed by atoms with van der Waals surface area (Å²) in [4.78, 5) is 22.2. The van der Waals surface area contributed by atoms with Crippen LogP contribution in [0.1, 0.15) is 12.5 Å². The van der Waals surface area contributed by atoms with E-state index in [0.29, 0.717) is 5.69 Å². The van der Waals surface area contributed by atoms with E-state index in [9.17, 15) is 14.2 Å². The predicted molar refractivity (Wildman–Crippen MR) is 94.0 cm³/mol. The van der Waals surface area contributed by atoms with Crippen LogP contribution in [0.4, 0.5) is 5.69 Å². The lowest BCUT2D eigenvalue weighted by atomic mass is 10.1. The average Bonchev–Trinajstić information content (AvgIpc) is 2.47. The number of benzene rings is 1. The van der Waals surface area contributed by atoms with Crippen LogP contribution in [0.3, 0.4) is 0 Å². The van der Waals surface area contributed by atoms with Crippen molar-refractivity contribution in [3.63, 3.8) is 0 Å². The van der Waals surface area contributed by atoms with Gasteiger partial charge in [-0.3, -0.25) is 9.36 Å². The number of hydrogen-bond donors (Lipinski definition) is 3. The van der Waals surface area contributed by atoms with Crippen molar-refractivity contribution >= 4 is 25.2 Å². The summed E-state index contributed by atoms with van der Waals surface area (Å²) in [6.45, 7) is 1.28. The van der Waals surface area contributed by atoms with Gasteiger partial charge in [-0.15, -0.1) is 0 Å². The van der Waals surface area contributed by atoms with Gasteiger partial charge in [0.1, 0.15) is 6.04 Å². The van der Waals surface area contributed by atoms with Crippen LogP contribution in [0.2, 0.25) is 0 Å². The maximum atomic E-state index is 12.9. The second kappa shape index (κ2) is 8.28. The average molecular weight is 356 g/mol. The van der Waals surface area contributed by atoms with Crippen LogP contribution in [-0.2, 0) is 20.6 Å². The van der Waals surface area contributed by atoms with Crippen LogP contribution in [0.5, 0.6) is 0 Å². The quantitative estimate of drug-likeness (QED) is 0.606. The predicted octanol–water partition coefficient (Wildman–Crippen LogP) is 1.46. The zero-order valence-electron chi connectivity index (χ0n) is 14.6. The molecule has 0 saturated carbocycles. The van der Waals surface area contributed by atoms with E-state index in [1.807, 2.05) is 0 Å². The molecule has 0 fully saturated rings. The lowest BCUT2D eigenvalue weighted by Gasteiger charge is -2.31. The Morgan fingerprint density at radius 3 is 2.00 bits per heavy atom. The van der Waals surface area contributed by atoms with Crippen molar-refractivity contribution in [2.45, 2.75) is 19.4 Å². The van der Waals surface area contributed by atoms with Crippen molar-refractivity contribution in [1.29, 1.82) is 0 Å². The highest BCUT2D eigenvalue weighted by molar-refractivity contribution is 7.60. The fourth-order valence-corrected chi connectivity index (χ4v) is 3.72. The van der Waals surface area contributed by atoms with Crippen molar-refractivity contribution in [2.24, 2.45) is 0 Å². The van der Waals surface area contributed by atoms with Crippen molar-refractivity contribution in [3.8, 4) is 0 Å². The molecule has 0 heterocycles. The van der Waals surface area contributed by atoms with E-state index in [1.165, 1.54) is 6.92 Å².